The van der Waals surface area contributed by atoms with Gasteiger partial charge in [0.1, 0.15) is 6.17 Å². The molecule has 1 aromatic rings. The average molecular weight is 237 g/mol. The Bertz CT molecular complexity index is 343. The maximum absolute atomic E-state index is 13.1. The van der Waals surface area contributed by atoms with E-state index in [2.05, 4.69) is 0 Å². The zero-order valence-corrected chi connectivity index (χ0v) is 9.93. The molecule has 0 aromatic heterocycles. The summed E-state index contributed by atoms with van der Waals surface area (Å²) < 4.78 is 13.1. The maximum Gasteiger partial charge on any atom is 0.100 e. The number of hydrogen-bond donors (Lipinski definition) is 2. The fraction of sp³-hybridized carbons (Fsp3) is 0.571. The molecule has 0 amide bonds. The van der Waals surface area contributed by atoms with Gasteiger partial charge in [-0.2, -0.15) is 0 Å². The predicted molar refractivity (Wildman–Crippen MR) is 66.4 cm³/mol. The van der Waals surface area contributed by atoms with Gasteiger partial charge < -0.3 is 10.8 Å². The molecule has 0 heterocycles. The molecule has 3 N–H and O–H groups in total. The highest BCUT2D eigenvalue weighted by Crippen LogP contribution is 2.31. The van der Waals surface area contributed by atoms with Gasteiger partial charge in [-0.25, -0.2) is 4.39 Å². The Kier molecular flexibility index (Phi) is 4.13. The van der Waals surface area contributed by atoms with Crippen molar-refractivity contribution in [2.24, 2.45) is 11.7 Å². The lowest BCUT2D eigenvalue weighted by Crippen LogP contribution is -2.41. The molecule has 94 valence electrons. The van der Waals surface area contributed by atoms with Crippen LogP contribution in [-0.2, 0) is 6.42 Å². The highest BCUT2D eigenvalue weighted by molar-refractivity contribution is 5.16. The summed E-state index contributed by atoms with van der Waals surface area (Å²) in [5.41, 5.74) is 7.12. The highest BCUT2D eigenvalue weighted by Gasteiger charge is 2.32. The Balaban J connectivity index is 1.89. The van der Waals surface area contributed by atoms with E-state index in [0.717, 1.165) is 12.0 Å². The Hall–Kier alpha value is -0.930. The standard InChI is InChI=1S/C14H20FNO/c15-12-7-6-11(9-12)14(17)13(16)8-10-4-2-1-3-5-10/h1-5,11-14,17H,6-9,16H2/t11-,12-,13+,14-/m1/s1. The fourth-order valence-electron chi connectivity index (χ4n) is 2.63. The number of nitrogens with two attached hydrogens (primary N) is 1. The fourth-order valence-corrected chi connectivity index (χ4v) is 2.63. The first kappa shape index (κ1) is 12.5. The molecular weight excluding hydrogens is 217 g/mol. The Labute approximate surface area is 102 Å². The third kappa shape index (κ3) is 3.27. The summed E-state index contributed by atoms with van der Waals surface area (Å²) >= 11 is 0. The van der Waals surface area contributed by atoms with Crippen LogP contribution in [0.3, 0.4) is 0 Å². The average Bonchev–Trinajstić information content (AvgIpc) is 2.76. The van der Waals surface area contributed by atoms with Crippen molar-refractivity contribution in [2.75, 3.05) is 0 Å². The van der Waals surface area contributed by atoms with Gasteiger partial charge in [-0.1, -0.05) is 30.3 Å². The number of rotatable bonds is 4. The summed E-state index contributed by atoms with van der Waals surface area (Å²) in [7, 11) is 0. The van der Waals surface area contributed by atoms with E-state index in [0.29, 0.717) is 19.3 Å². The number of aliphatic hydroxyl groups excluding tert-OH is 1. The van der Waals surface area contributed by atoms with Crippen molar-refractivity contribution in [3.63, 3.8) is 0 Å². The van der Waals surface area contributed by atoms with Gasteiger partial charge in [0.05, 0.1) is 6.10 Å². The summed E-state index contributed by atoms with van der Waals surface area (Å²) in [6.45, 7) is 0. The molecule has 1 saturated carbocycles. The van der Waals surface area contributed by atoms with E-state index in [1.165, 1.54) is 0 Å². The second-order valence-corrected chi connectivity index (χ2v) is 5.01. The predicted octanol–water partition coefficient (Wildman–Crippen LogP) is 2.06. The van der Waals surface area contributed by atoms with E-state index < -0.39 is 12.3 Å². The van der Waals surface area contributed by atoms with Crippen molar-refractivity contribution >= 4 is 0 Å². The third-order valence-electron chi connectivity index (χ3n) is 3.65. The maximum atomic E-state index is 13.1. The van der Waals surface area contributed by atoms with Crippen LogP contribution in [0.5, 0.6) is 0 Å². The molecule has 0 unspecified atom stereocenters. The highest BCUT2D eigenvalue weighted by atomic mass is 19.1. The van der Waals surface area contributed by atoms with Crippen LogP contribution in [0.25, 0.3) is 0 Å². The van der Waals surface area contributed by atoms with Crippen LogP contribution < -0.4 is 5.73 Å². The number of halogens is 1. The Morgan fingerprint density at radius 3 is 2.59 bits per heavy atom. The minimum Gasteiger partial charge on any atom is -0.391 e. The van der Waals surface area contributed by atoms with Gasteiger partial charge in [-0.15, -0.1) is 0 Å². The van der Waals surface area contributed by atoms with Gasteiger partial charge in [-0.05, 0) is 37.2 Å². The summed E-state index contributed by atoms with van der Waals surface area (Å²) in [5.74, 6) is 0.0312. The Morgan fingerprint density at radius 2 is 2.00 bits per heavy atom. The van der Waals surface area contributed by atoms with Gasteiger partial charge in [-0.3, -0.25) is 0 Å². The molecule has 1 aromatic carbocycles. The summed E-state index contributed by atoms with van der Waals surface area (Å²) in [4.78, 5) is 0. The summed E-state index contributed by atoms with van der Waals surface area (Å²) in [6, 6.07) is 9.57. The van der Waals surface area contributed by atoms with Crippen LogP contribution in [-0.4, -0.2) is 23.4 Å². The van der Waals surface area contributed by atoms with E-state index >= 15 is 0 Å². The van der Waals surface area contributed by atoms with Gasteiger partial charge in [0, 0.05) is 6.04 Å². The Morgan fingerprint density at radius 1 is 1.29 bits per heavy atom. The van der Waals surface area contributed by atoms with Crippen molar-refractivity contribution in [3.8, 4) is 0 Å². The number of aliphatic hydroxyl groups is 1. The zero-order chi connectivity index (χ0) is 12.3. The molecule has 1 aliphatic carbocycles. The molecule has 4 atom stereocenters. The van der Waals surface area contributed by atoms with E-state index in [9.17, 15) is 9.50 Å². The quantitative estimate of drug-likeness (QED) is 0.842. The number of alkyl halides is 1. The largest absolute Gasteiger partial charge is 0.391 e. The SMILES string of the molecule is N[C@@H](Cc1ccccc1)[C@H](O)[C@@H]1CC[C@@H](F)C1. The first-order chi connectivity index (χ1) is 8.16. The lowest BCUT2D eigenvalue weighted by molar-refractivity contribution is 0.0810. The molecule has 0 aliphatic heterocycles. The van der Waals surface area contributed by atoms with Crippen molar-refractivity contribution in [1.82, 2.24) is 0 Å². The zero-order valence-electron chi connectivity index (χ0n) is 9.93. The molecule has 1 aliphatic rings. The second kappa shape index (κ2) is 5.61. The van der Waals surface area contributed by atoms with Crippen LogP contribution in [0.4, 0.5) is 4.39 Å². The first-order valence-corrected chi connectivity index (χ1v) is 6.28. The summed E-state index contributed by atoms with van der Waals surface area (Å²) in [6.07, 6.45) is 1.10. The van der Waals surface area contributed by atoms with E-state index in [-0.39, 0.29) is 12.0 Å². The van der Waals surface area contributed by atoms with Gasteiger partial charge in [0.25, 0.3) is 0 Å². The van der Waals surface area contributed by atoms with Crippen molar-refractivity contribution < 1.29 is 9.50 Å². The van der Waals surface area contributed by atoms with Gasteiger partial charge >= 0.3 is 0 Å². The van der Waals surface area contributed by atoms with Crippen LogP contribution in [0.2, 0.25) is 0 Å². The normalized spacial score (nSPS) is 27.9. The van der Waals surface area contributed by atoms with E-state index in [1.54, 1.807) is 0 Å². The van der Waals surface area contributed by atoms with E-state index in [4.69, 9.17) is 5.73 Å². The molecule has 2 nitrogen and oxygen atoms in total. The van der Waals surface area contributed by atoms with Crippen molar-refractivity contribution in [1.29, 1.82) is 0 Å². The van der Waals surface area contributed by atoms with Crippen molar-refractivity contribution in [2.45, 2.75) is 44.0 Å². The van der Waals surface area contributed by atoms with Crippen LogP contribution in [0.15, 0.2) is 30.3 Å². The molecular formula is C14H20FNO. The van der Waals surface area contributed by atoms with Gasteiger partial charge in [0.2, 0.25) is 0 Å². The van der Waals surface area contributed by atoms with Crippen molar-refractivity contribution in [3.05, 3.63) is 35.9 Å². The van der Waals surface area contributed by atoms with E-state index in [1.807, 2.05) is 30.3 Å². The molecule has 1 fully saturated rings. The minimum absolute atomic E-state index is 0.0312. The number of benzene rings is 1. The molecule has 17 heavy (non-hydrogen) atoms. The smallest absolute Gasteiger partial charge is 0.100 e. The number of hydrogen-bond acceptors (Lipinski definition) is 2. The third-order valence-corrected chi connectivity index (χ3v) is 3.65. The van der Waals surface area contributed by atoms with Crippen LogP contribution in [0.1, 0.15) is 24.8 Å². The second-order valence-electron chi connectivity index (χ2n) is 5.01. The lowest BCUT2D eigenvalue weighted by Gasteiger charge is -2.24. The van der Waals surface area contributed by atoms with Crippen LogP contribution >= 0.6 is 0 Å². The topological polar surface area (TPSA) is 46.2 Å². The van der Waals surface area contributed by atoms with Crippen LogP contribution in [0, 0.1) is 5.92 Å². The minimum atomic E-state index is -0.751. The first-order valence-electron chi connectivity index (χ1n) is 6.28. The molecule has 2 rings (SSSR count). The van der Waals surface area contributed by atoms with Gasteiger partial charge in [0.15, 0.2) is 0 Å². The molecule has 0 radical (unpaired) electrons. The molecule has 0 spiro atoms. The summed E-state index contributed by atoms with van der Waals surface area (Å²) in [5, 5.41) is 10.1. The molecule has 0 bridgehead atoms. The monoisotopic (exact) mass is 237 g/mol. The lowest BCUT2D eigenvalue weighted by atomic mass is 9.91. The molecule has 3 heteroatoms. The molecule has 0 saturated heterocycles.